The van der Waals surface area contributed by atoms with Crippen molar-refractivity contribution in [2.45, 2.75) is 131 Å². The summed E-state index contributed by atoms with van der Waals surface area (Å²) >= 11 is 0. The van der Waals surface area contributed by atoms with Gasteiger partial charge in [-0.25, -0.2) is 4.79 Å². The van der Waals surface area contributed by atoms with Crippen LogP contribution in [-0.4, -0.2) is 48.2 Å². The number of rotatable bonds is 7. The van der Waals surface area contributed by atoms with Crippen molar-refractivity contribution in [3.63, 3.8) is 0 Å². The van der Waals surface area contributed by atoms with Crippen molar-refractivity contribution in [3.8, 4) is 0 Å². The Bertz CT molecular complexity index is 1010. The van der Waals surface area contributed by atoms with Crippen LogP contribution >= 0.6 is 0 Å². The second kappa shape index (κ2) is 12.9. The van der Waals surface area contributed by atoms with Gasteiger partial charge in [0, 0.05) is 31.5 Å². The molecule has 4 fully saturated rings. The molecule has 0 aromatic heterocycles. The largest absolute Gasteiger partial charge is 0.435 e. The zero-order valence-electron chi connectivity index (χ0n) is 26.7. The third-order valence-electron chi connectivity index (χ3n) is 12.2. The first-order valence-electron chi connectivity index (χ1n) is 17.1. The van der Waals surface area contributed by atoms with Crippen molar-refractivity contribution < 1.29 is 14.4 Å². The zero-order valence-corrected chi connectivity index (χ0v) is 26.7. The average molecular weight is 568 g/mol. The maximum Gasteiger partial charge on any atom is 0.435 e. The minimum absolute atomic E-state index is 0.185. The van der Waals surface area contributed by atoms with Gasteiger partial charge in [0.1, 0.15) is 0 Å². The summed E-state index contributed by atoms with van der Waals surface area (Å²) < 4.78 is 0. The van der Waals surface area contributed by atoms with Gasteiger partial charge in [0.25, 0.3) is 0 Å². The van der Waals surface area contributed by atoms with Crippen LogP contribution in [0.2, 0.25) is 0 Å². The molecular weight excluding hydrogens is 510 g/mol. The van der Waals surface area contributed by atoms with Crippen molar-refractivity contribution >= 4 is 17.6 Å². The molecule has 0 bridgehead atoms. The minimum Gasteiger partial charge on any atom is -0.314 e. The molecule has 0 radical (unpaired) electrons. The predicted molar refractivity (Wildman–Crippen MR) is 166 cm³/mol. The molecule has 4 aliphatic carbocycles. The molecule has 7 atom stereocenters. The summed E-state index contributed by atoms with van der Waals surface area (Å²) in [5, 5.41) is 8.18. The number of nitrogens with zero attached hydrogens (tertiary/aromatic N) is 2. The number of piperidine rings is 1. The molecule has 0 spiro atoms. The van der Waals surface area contributed by atoms with Crippen molar-refractivity contribution in [1.29, 1.82) is 0 Å². The number of carbonyl (C=O) groups excluding carboxylic acids is 2. The van der Waals surface area contributed by atoms with Gasteiger partial charge in [-0.05, 0) is 125 Å². The van der Waals surface area contributed by atoms with Crippen molar-refractivity contribution in [1.82, 2.24) is 10.2 Å². The first-order chi connectivity index (χ1) is 19.6. The van der Waals surface area contributed by atoms with Gasteiger partial charge in [0.2, 0.25) is 0 Å². The normalized spacial score (nSPS) is 37.8. The smallest absolute Gasteiger partial charge is 0.314 e. The molecule has 5 aliphatic rings. The fourth-order valence-electron chi connectivity index (χ4n) is 10.1. The van der Waals surface area contributed by atoms with E-state index in [0.29, 0.717) is 48.0 Å². The summed E-state index contributed by atoms with van der Waals surface area (Å²) in [6.07, 6.45) is 17.9. The van der Waals surface area contributed by atoms with Gasteiger partial charge >= 0.3 is 6.09 Å². The highest BCUT2D eigenvalue weighted by atomic mass is 16.7. The number of hydrogen-bond acceptors (Lipinski definition) is 5. The van der Waals surface area contributed by atoms with E-state index in [1.807, 2.05) is 11.0 Å². The highest BCUT2D eigenvalue weighted by Crippen LogP contribution is 2.64. The number of oxime groups is 1. The third-order valence-corrected chi connectivity index (χ3v) is 12.2. The Morgan fingerprint density at radius 1 is 1.05 bits per heavy atom. The predicted octanol–water partition coefficient (Wildman–Crippen LogP) is 7.92. The van der Waals surface area contributed by atoms with E-state index >= 15 is 0 Å². The van der Waals surface area contributed by atoms with Gasteiger partial charge in [0.15, 0.2) is 5.78 Å². The molecule has 1 unspecified atom stereocenters. The van der Waals surface area contributed by atoms with Gasteiger partial charge in [-0.1, -0.05) is 51.3 Å². The highest BCUT2D eigenvalue weighted by Gasteiger charge is 2.56. The van der Waals surface area contributed by atoms with Gasteiger partial charge in [-0.2, -0.15) is 0 Å². The molecule has 230 valence electrons. The van der Waals surface area contributed by atoms with Crippen molar-refractivity contribution in [2.75, 3.05) is 19.6 Å². The van der Waals surface area contributed by atoms with Crippen molar-refractivity contribution in [2.24, 2.45) is 45.6 Å². The minimum atomic E-state index is -0.294. The Kier molecular flexibility index (Phi) is 9.67. The fourth-order valence-corrected chi connectivity index (χ4v) is 10.1. The maximum absolute atomic E-state index is 13.3. The number of nitrogens with one attached hydrogen (secondary N) is 1. The Labute approximate surface area is 249 Å². The fraction of sp³-hybridized carbons (Fsp3) is 0.857. The van der Waals surface area contributed by atoms with Gasteiger partial charge in [0.05, 0.1) is 5.71 Å². The van der Waals surface area contributed by atoms with Crippen molar-refractivity contribution in [3.05, 3.63) is 11.6 Å². The Morgan fingerprint density at radius 2 is 1.88 bits per heavy atom. The molecule has 1 N–H and O–H groups in total. The number of hydrogen-bond donors (Lipinski definition) is 1. The number of allylic oxidation sites excluding steroid dienone is 2. The molecule has 1 saturated heterocycles. The monoisotopic (exact) mass is 567 g/mol. The molecule has 3 saturated carbocycles. The van der Waals surface area contributed by atoms with Crippen LogP contribution in [0.5, 0.6) is 0 Å². The van der Waals surface area contributed by atoms with Crippen LogP contribution in [-0.2, 0) is 9.63 Å². The first kappa shape index (κ1) is 30.8. The van der Waals surface area contributed by atoms with E-state index in [-0.39, 0.29) is 16.9 Å². The second-order valence-corrected chi connectivity index (χ2v) is 15.2. The Hall–Kier alpha value is -1.69. The number of ketones is 1. The lowest BCUT2D eigenvalue weighted by molar-refractivity contribution is -0.116. The van der Waals surface area contributed by atoms with Crippen LogP contribution < -0.4 is 5.32 Å². The maximum atomic E-state index is 13.3. The van der Waals surface area contributed by atoms with Crippen LogP contribution in [0.25, 0.3) is 0 Å². The van der Waals surface area contributed by atoms with E-state index in [1.165, 1.54) is 63.4 Å². The van der Waals surface area contributed by atoms with Crippen LogP contribution in [0.1, 0.15) is 125 Å². The molecule has 5 rings (SSSR count). The highest BCUT2D eigenvalue weighted by molar-refractivity contribution is 5.91. The lowest BCUT2D eigenvalue weighted by Gasteiger charge is -2.46. The van der Waals surface area contributed by atoms with Gasteiger partial charge < -0.3 is 10.2 Å². The molecular formula is C35H57N3O3. The van der Waals surface area contributed by atoms with Crippen LogP contribution in [0.4, 0.5) is 4.79 Å². The topological polar surface area (TPSA) is 71.0 Å². The summed E-state index contributed by atoms with van der Waals surface area (Å²) in [6, 6.07) is 0.498. The number of amides is 1. The molecule has 41 heavy (non-hydrogen) atoms. The van der Waals surface area contributed by atoms with E-state index in [0.717, 1.165) is 50.9 Å². The second-order valence-electron chi connectivity index (χ2n) is 15.2. The SMILES string of the molecule is C/C(=N\OC(=O)N(CCC1CCCCN1)CC(C)C)[C@H]1CC[C@H]2[C@@H]3CCCC4=CC(=O)CC[C@]4(C)[C@H]3CCC[C@]12C. The third kappa shape index (κ3) is 6.48. The Balaban J connectivity index is 1.27. The van der Waals surface area contributed by atoms with Crippen LogP contribution in [0.15, 0.2) is 16.8 Å². The van der Waals surface area contributed by atoms with E-state index in [1.54, 1.807) is 0 Å². The summed E-state index contributed by atoms with van der Waals surface area (Å²) in [5.74, 6) is 3.15. The number of carbonyl (C=O) groups is 2. The molecule has 6 nitrogen and oxygen atoms in total. The lowest BCUT2D eigenvalue weighted by atomic mass is 9.58. The standard InChI is InChI=1S/C35H57N3O3/c1-24(2)23-38(21-17-27-11-6-7-20-36-27)33(40)41-37-25(3)30-14-15-32-29-12-8-10-26-22-28(39)16-19-34(26,4)31(29)13-9-18-35(30,32)5/h22,24,27,29-32,36H,6-21,23H2,1-5H3/b37-25+/t27?,29-,30-,31+,32+,34+,35-/m1/s1. The summed E-state index contributed by atoms with van der Waals surface area (Å²) in [5.41, 5.74) is 2.83. The van der Waals surface area contributed by atoms with E-state index in [4.69, 9.17) is 4.84 Å². The Morgan fingerprint density at radius 3 is 2.63 bits per heavy atom. The molecule has 1 heterocycles. The summed E-state index contributed by atoms with van der Waals surface area (Å²) in [7, 11) is 0. The average Bonchev–Trinajstić information content (AvgIpc) is 3.12. The van der Waals surface area contributed by atoms with Gasteiger partial charge in [-0.15, -0.1) is 0 Å². The lowest BCUT2D eigenvalue weighted by Crippen LogP contribution is -2.41. The van der Waals surface area contributed by atoms with E-state index in [2.05, 4.69) is 45.1 Å². The van der Waals surface area contributed by atoms with E-state index in [9.17, 15) is 9.59 Å². The number of fused-ring (bicyclic) bond motifs is 5. The quantitative estimate of drug-likeness (QED) is 0.193. The molecule has 0 aromatic rings. The van der Waals surface area contributed by atoms with Crippen LogP contribution in [0, 0.1) is 40.4 Å². The van der Waals surface area contributed by atoms with E-state index < -0.39 is 0 Å². The molecule has 0 aromatic carbocycles. The molecule has 6 heteroatoms. The zero-order chi connectivity index (χ0) is 29.2. The van der Waals surface area contributed by atoms with Crippen LogP contribution in [0.3, 0.4) is 0 Å². The van der Waals surface area contributed by atoms with Gasteiger partial charge in [-0.3, -0.25) is 9.63 Å². The summed E-state index contributed by atoms with van der Waals surface area (Å²) in [6.45, 7) is 13.9. The first-order valence-corrected chi connectivity index (χ1v) is 17.1. The molecule has 1 aliphatic heterocycles. The molecule has 1 amide bonds. The summed E-state index contributed by atoms with van der Waals surface area (Å²) in [4.78, 5) is 33.2.